The first-order chi connectivity index (χ1) is 11.1. The highest BCUT2D eigenvalue weighted by atomic mass is 15.0. The van der Waals surface area contributed by atoms with Crippen LogP contribution in [0.1, 0.15) is 57.3 Å². The molecule has 0 aliphatic carbocycles. The molecule has 2 aromatic heterocycles. The van der Waals surface area contributed by atoms with Crippen molar-refractivity contribution in [1.82, 2.24) is 0 Å². The van der Waals surface area contributed by atoms with E-state index in [1.54, 1.807) is 0 Å². The van der Waals surface area contributed by atoms with Crippen LogP contribution >= 0.6 is 0 Å². The summed E-state index contributed by atoms with van der Waals surface area (Å²) < 4.78 is 4.79. The van der Waals surface area contributed by atoms with Crippen LogP contribution in [-0.2, 0) is 0 Å². The summed E-state index contributed by atoms with van der Waals surface area (Å²) in [4.78, 5) is 0. The van der Waals surface area contributed by atoms with Crippen LogP contribution in [0.5, 0.6) is 0 Å². The van der Waals surface area contributed by atoms with Gasteiger partial charge in [0.2, 0.25) is 0 Å². The number of rotatable bonds is 2. The molecule has 0 saturated heterocycles. The zero-order chi connectivity index (χ0) is 16.1. The quantitative estimate of drug-likeness (QED) is 0.740. The van der Waals surface area contributed by atoms with Crippen LogP contribution in [0.4, 0.5) is 0 Å². The molecule has 0 radical (unpaired) electrons. The molecule has 0 spiro atoms. The summed E-state index contributed by atoms with van der Waals surface area (Å²) in [5.41, 5.74) is 8.69. The number of fused-ring (bicyclic) bond motifs is 2. The van der Waals surface area contributed by atoms with Crippen LogP contribution in [0.25, 0.3) is 11.4 Å². The van der Waals surface area contributed by atoms with Crippen molar-refractivity contribution in [3.63, 3.8) is 0 Å². The lowest BCUT2D eigenvalue weighted by molar-refractivity contribution is -0.600. The molecule has 2 aromatic rings. The minimum absolute atomic E-state index is 0.506. The molecule has 0 saturated carbocycles. The van der Waals surface area contributed by atoms with E-state index in [-0.39, 0.29) is 0 Å². The molecule has 2 aliphatic heterocycles. The maximum atomic E-state index is 2.40. The first-order valence-corrected chi connectivity index (χ1v) is 8.50. The molecule has 23 heavy (non-hydrogen) atoms. The summed E-state index contributed by atoms with van der Waals surface area (Å²) >= 11 is 0. The Labute approximate surface area is 138 Å². The Morgan fingerprint density at radius 1 is 0.739 bits per heavy atom. The van der Waals surface area contributed by atoms with Crippen molar-refractivity contribution in [2.45, 2.75) is 46.0 Å². The average Bonchev–Trinajstić information content (AvgIpc) is 2.97. The molecule has 2 heteroatoms. The van der Waals surface area contributed by atoms with E-state index < -0.39 is 0 Å². The molecule has 0 aromatic carbocycles. The van der Waals surface area contributed by atoms with Crippen molar-refractivity contribution >= 4 is 11.4 Å². The molecule has 2 atom stereocenters. The lowest BCUT2D eigenvalue weighted by Crippen LogP contribution is -2.37. The predicted molar refractivity (Wildman–Crippen MR) is 92.5 cm³/mol. The Morgan fingerprint density at radius 3 is 1.61 bits per heavy atom. The first kappa shape index (κ1) is 14.4. The van der Waals surface area contributed by atoms with Gasteiger partial charge in [-0.3, -0.25) is 0 Å². The van der Waals surface area contributed by atoms with Gasteiger partial charge in [0.15, 0.2) is 35.2 Å². The summed E-state index contributed by atoms with van der Waals surface area (Å²) in [7, 11) is 0. The molecule has 2 aliphatic rings. The lowest BCUT2D eigenvalue weighted by Gasteiger charge is -2.01. The Hall–Kier alpha value is -2.22. The van der Waals surface area contributed by atoms with E-state index in [9.17, 15) is 0 Å². The van der Waals surface area contributed by atoms with Crippen molar-refractivity contribution in [1.29, 1.82) is 0 Å². The number of aromatic nitrogens is 2. The molecule has 0 fully saturated rings. The van der Waals surface area contributed by atoms with Crippen molar-refractivity contribution in [3.05, 3.63) is 71.3 Å². The second-order valence-corrected chi connectivity index (χ2v) is 6.87. The van der Waals surface area contributed by atoms with Gasteiger partial charge in [0, 0.05) is 35.4 Å². The summed E-state index contributed by atoms with van der Waals surface area (Å²) in [6, 6.07) is 13.1. The van der Waals surface area contributed by atoms with Crippen LogP contribution in [0, 0.1) is 0 Å². The van der Waals surface area contributed by atoms with E-state index in [1.165, 1.54) is 33.9 Å². The van der Waals surface area contributed by atoms with Crippen molar-refractivity contribution in [2.75, 3.05) is 0 Å². The van der Waals surface area contributed by atoms with Crippen LogP contribution < -0.4 is 9.13 Å². The third-order valence-electron chi connectivity index (χ3n) is 5.80. The highest BCUT2D eigenvalue weighted by Crippen LogP contribution is 2.37. The van der Waals surface area contributed by atoms with Gasteiger partial charge in [-0.05, 0) is 27.7 Å². The monoisotopic (exact) mass is 304 g/mol. The van der Waals surface area contributed by atoms with Gasteiger partial charge >= 0.3 is 0 Å². The van der Waals surface area contributed by atoms with Crippen molar-refractivity contribution < 1.29 is 9.13 Å². The molecule has 116 valence electrons. The third kappa shape index (κ3) is 2.01. The van der Waals surface area contributed by atoms with E-state index in [0.29, 0.717) is 11.8 Å². The zero-order valence-electron chi connectivity index (χ0n) is 14.4. The van der Waals surface area contributed by atoms with Gasteiger partial charge in [-0.1, -0.05) is 12.1 Å². The Bertz CT molecular complexity index is 786. The van der Waals surface area contributed by atoms with Gasteiger partial charge in [-0.25, -0.2) is 0 Å². The maximum Gasteiger partial charge on any atom is 0.197 e. The van der Waals surface area contributed by atoms with Gasteiger partial charge in [-0.2, -0.15) is 9.13 Å². The molecular weight excluding hydrogens is 280 g/mol. The van der Waals surface area contributed by atoms with Crippen molar-refractivity contribution in [2.24, 2.45) is 0 Å². The van der Waals surface area contributed by atoms with Gasteiger partial charge in [0.25, 0.3) is 0 Å². The lowest BCUT2D eigenvalue weighted by atomic mass is 9.97. The van der Waals surface area contributed by atoms with E-state index in [2.05, 4.69) is 85.6 Å². The van der Waals surface area contributed by atoms with Crippen LogP contribution in [0.15, 0.2) is 59.9 Å². The first-order valence-electron chi connectivity index (χ1n) is 8.50. The molecule has 4 heterocycles. The van der Waals surface area contributed by atoms with Crippen LogP contribution in [-0.4, -0.2) is 0 Å². The second-order valence-electron chi connectivity index (χ2n) is 6.87. The summed E-state index contributed by atoms with van der Waals surface area (Å²) in [6.45, 7) is 9.21. The van der Waals surface area contributed by atoms with Gasteiger partial charge in [0.05, 0.1) is 11.8 Å². The average molecular weight is 304 g/mol. The second kappa shape index (κ2) is 5.16. The molecule has 0 amide bonds. The Kier molecular flexibility index (Phi) is 3.22. The predicted octanol–water partition coefficient (Wildman–Crippen LogP) is 4.05. The zero-order valence-corrected chi connectivity index (χ0v) is 14.4. The maximum absolute atomic E-state index is 2.40. The van der Waals surface area contributed by atoms with E-state index in [1.807, 2.05) is 0 Å². The van der Waals surface area contributed by atoms with Gasteiger partial charge < -0.3 is 0 Å². The van der Waals surface area contributed by atoms with Crippen LogP contribution in [0.3, 0.4) is 0 Å². The topological polar surface area (TPSA) is 7.76 Å². The summed E-state index contributed by atoms with van der Waals surface area (Å²) in [5.74, 6) is 1.01. The number of allylic oxidation sites excluding steroid dienone is 4. The minimum atomic E-state index is 0.506. The fourth-order valence-electron chi connectivity index (χ4n) is 4.04. The third-order valence-corrected chi connectivity index (χ3v) is 5.80. The minimum Gasteiger partial charge on any atom is -0.167 e. The smallest absolute Gasteiger partial charge is 0.167 e. The van der Waals surface area contributed by atoms with E-state index >= 15 is 0 Å². The fraction of sp³-hybridized carbons (Fsp3) is 0.333. The molecule has 4 rings (SSSR count). The molecule has 0 N–H and O–H groups in total. The standard InChI is InChI=1S/C21H24N2/c1-14-16(3)20(22-11-7-5-9-18(14)22)13-21-17(4)15(2)19-10-6-8-12-23(19)21/h5-12,14-15H,13H2,1-4H3/q+2. The number of hydrogen-bond acceptors (Lipinski definition) is 0. The SMILES string of the molecule is CC1=C(CC2=C(C)C(C)c3cccc[n+]32)[n+]2ccccc2C1C. The molecule has 0 bridgehead atoms. The number of pyridine rings is 2. The Morgan fingerprint density at radius 2 is 1.17 bits per heavy atom. The summed E-state index contributed by atoms with van der Waals surface area (Å²) in [5, 5.41) is 0. The summed E-state index contributed by atoms with van der Waals surface area (Å²) in [6.07, 6.45) is 5.42. The van der Waals surface area contributed by atoms with Gasteiger partial charge in [-0.15, -0.1) is 0 Å². The molecule has 2 nitrogen and oxygen atoms in total. The van der Waals surface area contributed by atoms with Crippen LogP contribution in [0.2, 0.25) is 0 Å². The van der Waals surface area contributed by atoms with E-state index in [4.69, 9.17) is 0 Å². The highest BCUT2D eigenvalue weighted by Gasteiger charge is 2.40. The molecule has 2 unspecified atom stereocenters. The number of nitrogens with zero attached hydrogens (tertiary/aromatic N) is 2. The van der Waals surface area contributed by atoms with Gasteiger partial charge in [0.1, 0.15) is 6.42 Å². The largest absolute Gasteiger partial charge is 0.197 e. The number of hydrogen-bond donors (Lipinski definition) is 0. The fourth-order valence-corrected chi connectivity index (χ4v) is 4.04. The highest BCUT2D eigenvalue weighted by molar-refractivity contribution is 5.61. The van der Waals surface area contributed by atoms with Crippen molar-refractivity contribution in [3.8, 4) is 0 Å². The molecular formula is C21H24N2+2. The normalized spacial score (nSPS) is 22.6. The van der Waals surface area contributed by atoms with E-state index in [0.717, 1.165) is 6.42 Å². The Balaban J connectivity index is 1.80.